The van der Waals surface area contributed by atoms with Gasteiger partial charge >= 0.3 is 0 Å². The summed E-state index contributed by atoms with van der Waals surface area (Å²) in [5.41, 5.74) is 6.75. The van der Waals surface area contributed by atoms with Gasteiger partial charge in [-0.1, -0.05) is 0 Å². The number of nitrogens with one attached hydrogen (secondary N) is 1. The van der Waals surface area contributed by atoms with E-state index in [1.807, 2.05) is 0 Å². The summed E-state index contributed by atoms with van der Waals surface area (Å²) in [5.74, 6) is 0.436. The van der Waals surface area contributed by atoms with E-state index < -0.39 is 0 Å². The van der Waals surface area contributed by atoms with E-state index in [2.05, 4.69) is 10.3 Å². The number of anilines is 2. The molecule has 4 N–H and O–H groups in total. The van der Waals surface area contributed by atoms with Crippen LogP contribution in [-0.4, -0.2) is 14.7 Å². The Labute approximate surface area is 115 Å². The fourth-order valence-corrected chi connectivity index (χ4v) is 2.11. The molecular formula is C14H16N4O2. The van der Waals surface area contributed by atoms with Crippen molar-refractivity contribution in [2.24, 2.45) is 0 Å². The molecule has 0 atom stereocenters. The molecule has 6 heteroatoms. The molecule has 20 heavy (non-hydrogen) atoms. The number of rotatable bonds is 4. The Balaban J connectivity index is 1.80. The molecule has 6 nitrogen and oxygen atoms in total. The van der Waals surface area contributed by atoms with Gasteiger partial charge in [0.2, 0.25) is 0 Å². The van der Waals surface area contributed by atoms with Gasteiger partial charge in [-0.25, -0.2) is 4.98 Å². The molecule has 3 rings (SSSR count). The van der Waals surface area contributed by atoms with E-state index >= 15 is 0 Å². The van der Waals surface area contributed by atoms with Gasteiger partial charge in [0.1, 0.15) is 5.75 Å². The third-order valence-electron chi connectivity index (χ3n) is 3.36. The summed E-state index contributed by atoms with van der Waals surface area (Å²) in [5, 5.41) is 12.7. The highest BCUT2D eigenvalue weighted by Gasteiger charge is 2.25. The zero-order valence-corrected chi connectivity index (χ0v) is 10.9. The first-order chi connectivity index (χ1) is 9.65. The summed E-state index contributed by atoms with van der Waals surface area (Å²) in [7, 11) is 0. The van der Waals surface area contributed by atoms with Crippen LogP contribution in [0.25, 0.3) is 0 Å². The van der Waals surface area contributed by atoms with Crippen LogP contribution in [0.2, 0.25) is 0 Å². The smallest absolute Gasteiger partial charge is 0.293 e. The average Bonchev–Trinajstić information content (AvgIpc) is 3.25. The van der Waals surface area contributed by atoms with E-state index in [1.54, 1.807) is 29.1 Å². The maximum atomic E-state index is 12.2. The highest BCUT2D eigenvalue weighted by molar-refractivity contribution is 5.48. The third kappa shape index (κ3) is 2.45. The Bertz CT molecular complexity index is 692. The van der Waals surface area contributed by atoms with Crippen LogP contribution in [0, 0.1) is 0 Å². The molecule has 1 fully saturated rings. The highest BCUT2D eigenvalue weighted by Crippen LogP contribution is 2.33. The van der Waals surface area contributed by atoms with Crippen LogP contribution in [0.15, 0.2) is 35.4 Å². The molecule has 1 aromatic carbocycles. The van der Waals surface area contributed by atoms with Crippen LogP contribution in [0.5, 0.6) is 5.75 Å². The molecule has 0 bridgehead atoms. The number of phenols is 1. The summed E-state index contributed by atoms with van der Waals surface area (Å²) in [6, 6.07) is 5.14. The van der Waals surface area contributed by atoms with Gasteiger partial charge in [0.05, 0.1) is 0 Å². The molecule has 0 aliphatic heterocycles. The van der Waals surface area contributed by atoms with Gasteiger partial charge < -0.3 is 20.7 Å². The van der Waals surface area contributed by atoms with E-state index in [9.17, 15) is 9.90 Å². The van der Waals surface area contributed by atoms with Gasteiger partial charge in [-0.15, -0.1) is 0 Å². The molecule has 1 heterocycles. The van der Waals surface area contributed by atoms with Crippen LogP contribution >= 0.6 is 0 Å². The summed E-state index contributed by atoms with van der Waals surface area (Å²) >= 11 is 0. The molecule has 1 aliphatic rings. The number of benzene rings is 1. The Morgan fingerprint density at radius 2 is 2.25 bits per heavy atom. The number of phenolic OH excluding ortho intramolecular Hbond substituents is 1. The van der Waals surface area contributed by atoms with Gasteiger partial charge in [-0.05, 0) is 31.0 Å². The number of hydrogen-bond acceptors (Lipinski definition) is 5. The van der Waals surface area contributed by atoms with Crippen molar-refractivity contribution in [3.63, 3.8) is 0 Å². The molecule has 1 aromatic heterocycles. The fraction of sp³-hybridized carbons (Fsp3) is 0.286. The summed E-state index contributed by atoms with van der Waals surface area (Å²) in [4.78, 5) is 16.2. The lowest BCUT2D eigenvalue weighted by molar-refractivity contribution is 0.469. The van der Waals surface area contributed by atoms with Crippen LogP contribution in [0.1, 0.15) is 24.4 Å². The van der Waals surface area contributed by atoms with E-state index in [4.69, 9.17) is 5.73 Å². The molecule has 2 aromatic rings. The van der Waals surface area contributed by atoms with Gasteiger partial charge in [-0.3, -0.25) is 4.79 Å². The van der Waals surface area contributed by atoms with E-state index in [-0.39, 0.29) is 11.3 Å². The van der Waals surface area contributed by atoms with Gasteiger partial charge in [0.25, 0.3) is 5.56 Å². The quantitative estimate of drug-likeness (QED) is 0.579. The van der Waals surface area contributed by atoms with Crippen molar-refractivity contribution in [1.82, 2.24) is 9.55 Å². The first-order valence-electron chi connectivity index (χ1n) is 6.53. The first-order valence-corrected chi connectivity index (χ1v) is 6.53. The van der Waals surface area contributed by atoms with E-state index in [0.29, 0.717) is 29.7 Å². The second kappa shape index (κ2) is 4.88. The van der Waals surface area contributed by atoms with Crippen molar-refractivity contribution in [2.75, 3.05) is 11.1 Å². The maximum absolute atomic E-state index is 12.2. The van der Waals surface area contributed by atoms with Gasteiger partial charge in [-0.2, -0.15) is 0 Å². The summed E-state index contributed by atoms with van der Waals surface area (Å²) < 4.78 is 1.70. The first kappa shape index (κ1) is 12.5. The predicted octanol–water partition coefficient (Wildman–Crippen LogP) is 1.48. The number of nitrogens with two attached hydrogens (primary N) is 1. The average molecular weight is 272 g/mol. The Kier molecular flexibility index (Phi) is 3.06. The minimum absolute atomic E-state index is 0.126. The number of nitrogens with zero attached hydrogens (tertiary/aromatic N) is 2. The lowest BCUT2D eigenvalue weighted by atomic mass is 10.2. The maximum Gasteiger partial charge on any atom is 0.293 e. The Hall–Kier alpha value is -2.50. The van der Waals surface area contributed by atoms with Crippen molar-refractivity contribution in [3.05, 3.63) is 46.5 Å². The largest absolute Gasteiger partial charge is 0.508 e. The molecule has 1 aliphatic carbocycles. The van der Waals surface area contributed by atoms with Crippen molar-refractivity contribution >= 4 is 11.5 Å². The Morgan fingerprint density at radius 3 is 3.00 bits per heavy atom. The molecular weight excluding hydrogens is 256 g/mol. The zero-order chi connectivity index (χ0) is 14.1. The molecule has 0 saturated heterocycles. The lowest BCUT2D eigenvalue weighted by Crippen LogP contribution is -2.23. The molecule has 0 unspecified atom stereocenters. The number of aromatic nitrogens is 2. The minimum atomic E-state index is -0.126. The molecule has 104 valence electrons. The molecule has 1 saturated carbocycles. The Morgan fingerprint density at radius 1 is 1.45 bits per heavy atom. The van der Waals surface area contributed by atoms with Crippen LogP contribution in [0.3, 0.4) is 0 Å². The number of hydrogen-bond donors (Lipinski definition) is 3. The van der Waals surface area contributed by atoms with Gasteiger partial charge in [0.15, 0.2) is 5.82 Å². The zero-order valence-electron chi connectivity index (χ0n) is 10.9. The minimum Gasteiger partial charge on any atom is -0.508 e. The second-order valence-corrected chi connectivity index (χ2v) is 4.96. The van der Waals surface area contributed by atoms with E-state index in [0.717, 1.165) is 12.8 Å². The lowest BCUT2D eigenvalue weighted by Gasteiger charge is -2.09. The molecule has 0 radical (unpaired) electrons. The monoisotopic (exact) mass is 272 g/mol. The SMILES string of the molecule is Nc1ccc(O)c(CNc2nccn(C3CC3)c2=O)c1. The third-order valence-corrected chi connectivity index (χ3v) is 3.36. The summed E-state index contributed by atoms with van der Waals surface area (Å²) in [6.45, 7) is 0.299. The van der Waals surface area contributed by atoms with Crippen molar-refractivity contribution in [2.45, 2.75) is 25.4 Å². The van der Waals surface area contributed by atoms with Crippen molar-refractivity contribution < 1.29 is 5.11 Å². The highest BCUT2D eigenvalue weighted by atomic mass is 16.3. The molecule has 0 spiro atoms. The van der Waals surface area contributed by atoms with Crippen LogP contribution < -0.4 is 16.6 Å². The second-order valence-electron chi connectivity index (χ2n) is 4.96. The predicted molar refractivity (Wildman–Crippen MR) is 76.6 cm³/mol. The standard InChI is InChI=1S/C14H16N4O2/c15-10-1-4-12(19)9(7-10)8-17-13-14(20)18(6-5-16-13)11-2-3-11/h1,4-7,11,19H,2-3,8,15H2,(H,16,17). The molecule has 0 amide bonds. The normalized spacial score (nSPS) is 14.2. The fourth-order valence-electron chi connectivity index (χ4n) is 2.11. The van der Waals surface area contributed by atoms with Crippen molar-refractivity contribution in [3.8, 4) is 5.75 Å². The summed E-state index contributed by atoms with van der Waals surface area (Å²) in [6.07, 6.45) is 5.41. The van der Waals surface area contributed by atoms with Gasteiger partial charge in [0, 0.05) is 36.2 Å². The number of nitrogen functional groups attached to an aromatic ring is 1. The van der Waals surface area contributed by atoms with Crippen LogP contribution in [0.4, 0.5) is 11.5 Å². The van der Waals surface area contributed by atoms with Crippen molar-refractivity contribution in [1.29, 1.82) is 0 Å². The topological polar surface area (TPSA) is 93.2 Å². The van der Waals surface area contributed by atoms with Crippen LogP contribution in [-0.2, 0) is 6.54 Å². The van der Waals surface area contributed by atoms with E-state index in [1.165, 1.54) is 6.07 Å². The number of aromatic hydroxyl groups is 1.